The van der Waals surface area contributed by atoms with Gasteiger partial charge in [-0.3, -0.25) is 9.59 Å². The monoisotopic (exact) mass is 359 g/mol. The van der Waals surface area contributed by atoms with Gasteiger partial charge in [-0.1, -0.05) is 6.07 Å². The SMILES string of the molecule is Cc1ccc(N2C[C@H](C(=O)Nc3nc4c(s3)CCC4)CC2=O)cc1F. The topological polar surface area (TPSA) is 62.3 Å². The van der Waals surface area contributed by atoms with E-state index in [-0.39, 0.29) is 30.6 Å². The lowest BCUT2D eigenvalue weighted by atomic mass is 10.1. The van der Waals surface area contributed by atoms with Crippen LogP contribution in [0.3, 0.4) is 0 Å². The number of aromatic nitrogens is 1. The van der Waals surface area contributed by atoms with Gasteiger partial charge in [0.05, 0.1) is 11.6 Å². The minimum Gasteiger partial charge on any atom is -0.311 e. The van der Waals surface area contributed by atoms with E-state index in [1.165, 1.54) is 27.2 Å². The summed E-state index contributed by atoms with van der Waals surface area (Å²) in [6.45, 7) is 1.94. The fourth-order valence-corrected chi connectivity index (χ4v) is 4.39. The number of thiazole rings is 1. The maximum atomic E-state index is 13.8. The molecule has 0 radical (unpaired) electrons. The van der Waals surface area contributed by atoms with Crippen molar-refractivity contribution in [3.63, 3.8) is 0 Å². The zero-order chi connectivity index (χ0) is 17.6. The Morgan fingerprint density at radius 3 is 3.00 bits per heavy atom. The number of rotatable bonds is 3. The number of halogens is 1. The van der Waals surface area contributed by atoms with Crippen molar-refractivity contribution in [2.24, 2.45) is 5.92 Å². The van der Waals surface area contributed by atoms with E-state index in [1.807, 2.05) is 0 Å². The highest BCUT2D eigenvalue weighted by Gasteiger charge is 2.35. The summed E-state index contributed by atoms with van der Waals surface area (Å²) in [6.07, 6.45) is 3.25. The second-order valence-corrected chi connectivity index (χ2v) is 7.65. The quantitative estimate of drug-likeness (QED) is 0.916. The van der Waals surface area contributed by atoms with E-state index in [0.29, 0.717) is 16.4 Å². The molecule has 1 atom stereocenters. The molecular formula is C18H18FN3O2S. The van der Waals surface area contributed by atoms with Gasteiger partial charge in [-0.25, -0.2) is 9.37 Å². The molecule has 2 heterocycles. The van der Waals surface area contributed by atoms with Crippen LogP contribution in [0.2, 0.25) is 0 Å². The zero-order valence-electron chi connectivity index (χ0n) is 13.8. The van der Waals surface area contributed by atoms with Gasteiger partial charge in [-0.2, -0.15) is 0 Å². The molecule has 2 aromatic rings. The first-order valence-electron chi connectivity index (χ1n) is 8.37. The largest absolute Gasteiger partial charge is 0.311 e. The van der Waals surface area contributed by atoms with Crippen molar-refractivity contribution in [3.8, 4) is 0 Å². The molecule has 2 amide bonds. The molecule has 7 heteroatoms. The summed E-state index contributed by atoms with van der Waals surface area (Å²) in [4.78, 5) is 31.9. The van der Waals surface area contributed by atoms with Gasteiger partial charge in [0.15, 0.2) is 5.13 Å². The van der Waals surface area contributed by atoms with Crippen LogP contribution >= 0.6 is 11.3 Å². The van der Waals surface area contributed by atoms with Crippen LogP contribution in [0.15, 0.2) is 18.2 Å². The van der Waals surface area contributed by atoms with E-state index >= 15 is 0 Å². The molecule has 1 saturated heterocycles. The van der Waals surface area contributed by atoms with Crippen molar-refractivity contribution in [2.45, 2.75) is 32.6 Å². The summed E-state index contributed by atoms with van der Waals surface area (Å²) in [6, 6.07) is 4.70. The molecule has 1 fully saturated rings. The van der Waals surface area contributed by atoms with E-state index < -0.39 is 5.92 Å². The first-order valence-corrected chi connectivity index (χ1v) is 9.19. The molecule has 0 unspecified atom stereocenters. The van der Waals surface area contributed by atoms with Crippen molar-refractivity contribution < 1.29 is 14.0 Å². The van der Waals surface area contributed by atoms with Crippen LogP contribution in [0.5, 0.6) is 0 Å². The third-order valence-corrected chi connectivity index (χ3v) is 5.86. The molecule has 25 heavy (non-hydrogen) atoms. The van der Waals surface area contributed by atoms with Gasteiger partial charge in [-0.15, -0.1) is 11.3 Å². The summed E-state index contributed by atoms with van der Waals surface area (Å²) >= 11 is 1.52. The molecular weight excluding hydrogens is 341 g/mol. The lowest BCUT2D eigenvalue weighted by Gasteiger charge is -2.17. The lowest BCUT2D eigenvalue weighted by Crippen LogP contribution is -2.28. The Balaban J connectivity index is 1.45. The summed E-state index contributed by atoms with van der Waals surface area (Å²) in [5.41, 5.74) is 2.11. The van der Waals surface area contributed by atoms with Crippen molar-refractivity contribution in [2.75, 3.05) is 16.8 Å². The maximum absolute atomic E-state index is 13.8. The van der Waals surface area contributed by atoms with Crippen LogP contribution in [-0.4, -0.2) is 23.3 Å². The van der Waals surface area contributed by atoms with Crippen LogP contribution < -0.4 is 10.2 Å². The Bertz CT molecular complexity index is 843. The summed E-state index contributed by atoms with van der Waals surface area (Å²) in [5.74, 6) is -1.16. The van der Waals surface area contributed by atoms with Gasteiger partial charge < -0.3 is 10.2 Å². The molecule has 2 aliphatic rings. The highest BCUT2D eigenvalue weighted by Crippen LogP contribution is 2.32. The number of anilines is 2. The van der Waals surface area contributed by atoms with Crippen molar-refractivity contribution in [1.29, 1.82) is 0 Å². The highest BCUT2D eigenvalue weighted by molar-refractivity contribution is 7.15. The first-order chi connectivity index (χ1) is 12.0. The van der Waals surface area contributed by atoms with Crippen molar-refractivity contribution in [3.05, 3.63) is 40.2 Å². The number of nitrogens with zero attached hydrogens (tertiary/aromatic N) is 2. The van der Waals surface area contributed by atoms with Gasteiger partial charge in [0.2, 0.25) is 11.8 Å². The number of hydrogen-bond donors (Lipinski definition) is 1. The number of hydrogen-bond acceptors (Lipinski definition) is 4. The fraction of sp³-hybridized carbons (Fsp3) is 0.389. The molecule has 130 valence electrons. The molecule has 4 rings (SSSR count). The number of fused-ring (bicyclic) bond motifs is 1. The molecule has 0 saturated carbocycles. The molecule has 0 spiro atoms. The van der Waals surface area contributed by atoms with Crippen LogP contribution in [0.4, 0.5) is 15.2 Å². The molecule has 0 bridgehead atoms. The van der Waals surface area contributed by atoms with Gasteiger partial charge in [0, 0.05) is 23.5 Å². The van der Waals surface area contributed by atoms with E-state index in [1.54, 1.807) is 19.1 Å². The Morgan fingerprint density at radius 1 is 1.40 bits per heavy atom. The average Bonchev–Trinajstić information content (AvgIpc) is 3.24. The molecule has 1 aromatic carbocycles. The van der Waals surface area contributed by atoms with Gasteiger partial charge in [-0.05, 0) is 43.9 Å². The lowest BCUT2D eigenvalue weighted by molar-refractivity contribution is -0.122. The molecule has 1 N–H and O–H groups in total. The molecule has 1 aliphatic carbocycles. The molecule has 5 nitrogen and oxygen atoms in total. The average molecular weight is 359 g/mol. The number of carbonyl (C=O) groups is 2. The number of benzene rings is 1. The summed E-state index contributed by atoms with van der Waals surface area (Å²) in [5, 5.41) is 3.45. The summed E-state index contributed by atoms with van der Waals surface area (Å²) in [7, 11) is 0. The Kier molecular flexibility index (Phi) is 4.03. The Morgan fingerprint density at radius 2 is 2.24 bits per heavy atom. The third-order valence-electron chi connectivity index (χ3n) is 4.79. The van der Waals surface area contributed by atoms with Crippen molar-refractivity contribution in [1.82, 2.24) is 4.98 Å². The second kappa shape index (κ2) is 6.22. The fourth-order valence-electron chi connectivity index (χ4n) is 3.33. The van der Waals surface area contributed by atoms with Crippen LogP contribution in [-0.2, 0) is 22.4 Å². The van der Waals surface area contributed by atoms with Crippen LogP contribution in [0.25, 0.3) is 0 Å². The number of aryl methyl sites for hydroxylation is 3. The van der Waals surface area contributed by atoms with Gasteiger partial charge in [0.25, 0.3) is 0 Å². The highest BCUT2D eigenvalue weighted by atomic mass is 32.1. The standard InChI is InChI=1S/C18H18FN3O2S/c1-10-5-6-12(8-13(10)19)22-9-11(7-16(22)23)17(24)21-18-20-14-3-2-4-15(14)25-18/h5-6,8,11H,2-4,7,9H2,1H3,(H,20,21,24)/t11-/m1/s1. The van der Waals surface area contributed by atoms with Crippen LogP contribution in [0, 0.1) is 18.7 Å². The molecule has 1 aromatic heterocycles. The third kappa shape index (κ3) is 3.04. The zero-order valence-corrected chi connectivity index (χ0v) is 14.7. The number of nitrogens with one attached hydrogen (secondary N) is 1. The second-order valence-electron chi connectivity index (χ2n) is 6.57. The Hall–Kier alpha value is -2.28. The van der Waals surface area contributed by atoms with E-state index in [2.05, 4.69) is 10.3 Å². The van der Waals surface area contributed by atoms with E-state index in [9.17, 15) is 14.0 Å². The van der Waals surface area contributed by atoms with Crippen LogP contribution in [0.1, 0.15) is 29.0 Å². The molecule has 1 aliphatic heterocycles. The van der Waals surface area contributed by atoms with Gasteiger partial charge >= 0.3 is 0 Å². The predicted molar refractivity (Wildman–Crippen MR) is 94.4 cm³/mol. The maximum Gasteiger partial charge on any atom is 0.231 e. The number of carbonyl (C=O) groups excluding carboxylic acids is 2. The smallest absolute Gasteiger partial charge is 0.231 e. The predicted octanol–water partition coefficient (Wildman–Crippen LogP) is 3.07. The minimum atomic E-state index is -0.449. The first kappa shape index (κ1) is 16.2. The normalized spacial score (nSPS) is 19.4. The Labute approximate surface area is 148 Å². The van der Waals surface area contributed by atoms with E-state index in [4.69, 9.17) is 0 Å². The number of amides is 2. The summed E-state index contributed by atoms with van der Waals surface area (Å²) < 4.78 is 13.8. The minimum absolute atomic E-state index is 0.131. The van der Waals surface area contributed by atoms with Crippen molar-refractivity contribution >= 4 is 34.0 Å². The van der Waals surface area contributed by atoms with E-state index in [0.717, 1.165) is 25.0 Å². The van der Waals surface area contributed by atoms with Gasteiger partial charge in [0.1, 0.15) is 5.82 Å².